The Morgan fingerprint density at radius 3 is 2.33 bits per heavy atom. The van der Waals surface area contributed by atoms with E-state index < -0.39 is 0 Å². The summed E-state index contributed by atoms with van der Waals surface area (Å²) in [6.45, 7) is 0. The molecule has 0 unspecified atom stereocenters. The highest BCUT2D eigenvalue weighted by Gasteiger charge is 2.01. The fourth-order valence-electron chi connectivity index (χ4n) is 1.54. The Kier molecular flexibility index (Phi) is 3.85. The first-order chi connectivity index (χ1) is 8.72. The number of carbonyl (C=O) groups excluding carboxylic acids is 1. The van der Waals surface area contributed by atoms with Crippen molar-refractivity contribution < 1.29 is 9.53 Å². The number of benzene rings is 2. The van der Waals surface area contributed by atoms with Crippen molar-refractivity contribution in [3.8, 4) is 5.75 Å². The van der Waals surface area contributed by atoms with Gasteiger partial charge >= 0.3 is 0 Å². The van der Waals surface area contributed by atoms with Gasteiger partial charge in [0.15, 0.2) is 6.29 Å². The summed E-state index contributed by atoms with van der Waals surface area (Å²) in [5.41, 5.74) is 2.23. The Morgan fingerprint density at radius 2 is 1.78 bits per heavy atom. The van der Waals surface area contributed by atoms with Crippen LogP contribution in [0.25, 0.3) is 0 Å². The lowest BCUT2D eigenvalue weighted by Crippen LogP contribution is -1.92. The number of hydrogen-bond acceptors (Lipinski definition) is 3. The molecule has 0 saturated heterocycles. The van der Waals surface area contributed by atoms with Gasteiger partial charge in [-0.1, -0.05) is 11.6 Å². The molecule has 0 spiro atoms. The summed E-state index contributed by atoms with van der Waals surface area (Å²) < 4.78 is 5.08. The maximum atomic E-state index is 10.6. The predicted octanol–water partition coefficient (Wildman–Crippen LogP) is 3.90. The van der Waals surface area contributed by atoms with E-state index in [9.17, 15) is 4.79 Å². The molecule has 0 radical (unpaired) electrons. The van der Waals surface area contributed by atoms with Gasteiger partial charge in [0, 0.05) is 16.9 Å². The third-order valence-corrected chi connectivity index (χ3v) is 2.83. The number of halogens is 1. The van der Waals surface area contributed by atoms with Gasteiger partial charge in [-0.15, -0.1) is 0 Å². The maximum absolute atomic E-state index is 10.6. The van der Waals surface area contributed by atoms with Crippen molar-refractivity contribution in [2.45, 2.75) is 0 Å². The maximum Gasteiger partial charge on any atom is 0.151 e. The molecule has 4 heteroatoms. The molecule has 2 rings (SSSR count). The fourth-order valence-corrected chi connectivity index (χ4v) is 1.77. The second kappa shape index (κ2) is 5.56. The lowest BCUT2D eigenvalue weighted by atomic mass is 10.2. The van der Waals surface area contributed by atoms with Crippen LogP contribution >= 0.6 is 11.6 Å². The highest BCUT2D eigenvalue weighted by molar-refractivity contribution is 6.33. The first kappa shape index (κ1) is 12.5. The molecule has 0 bridgehead atoms. The normalized spacial score (nSPS) is 9.89. The predicted molar refractivity (Wildman–Crippen MR) is 73.1 cm³/mol. The van der Waals surface area contributed by atoms with Gasteiger partial charge in [-0.3, -0.25) is 4.79 Å². The van der Waals surface area contributed by atoms with E-state index >= 15 is 0 Å². The third-order valence-electron chi connectivity index (χ3n) is 2.51. The van der Waals surface area contributed by atoms with E-state index in [4.69, 9.17) is 16.3 Å². The van der Waals surface area contributed by atoms with Gasteiger partial charge in [0.2, 0.25) is 0 Å². The molecule has 92 valence electrons. The second-order valence-corrected chi connectivity index (χ2v) is 4.11. The highest BCUT2D eigenvalue weighted by atomic mass is 35.5. The molecule has 0 aliphatic carbocycles. The molecule has 0 fully saturated rings. The van der Waals surface area contributed by atoms with Crippen LogP contribution in [0.3, 0.4) is 0 Å². The number of nitrogens with one attached hydrogen (secondary N) is 1. The molecule has 3 nitrogen and oxygen atoms in total. The van der Waals surface area contributed by atoms with E-state index in [0.717, 1.165) is 23.4 Å². The lowest BCUT2D eigenvalue weighted by Gasteiger charge is -2.08. The highest BCUT2D eigenvalue weighted by Crippen LogP contribution is 2.24. The number of ether oxygens (including phenoxy) is 1. The van der Waals surface area contributed by atoms with Gasteiger partial charge in [-0.05, 0) is 42.5 Å². The van der Waals surface area contributed by atoms with E-state index in [1.165, 1.54) is 0 Å². The van der Waals surface area contributed by atoms with E-state index in [1.54, 1.807) is 25.3 Å². The molecule has 0 amide bonds. The van der Waals surface area contributed by atoms with E-state index in [0.29, 0.717) is 10.6 Å². The molecule has 0 aliphatic heterocycles. The van der Waals surface area contributed by atoms with Crippen molar-refractivity contribution in [2.75, 3.05) is 12.4 Å². The van der Waals surface area contributed by atoms with Crippen molar-refractivity contribution in [1.82, 2.24) is 0 Å². The van der Waals surface area contributed by atoms with Crippen molar-refractivity contribution in [1.29, 1.82) is 0 Å². The first-order valence-corrected chi connectivity index (χ1v) is 5.76. The Hall–Kier alpha value is -2.00. The Morgan fingerprint density at radius 1 is 1.11 bits per heavy atom. The quantitative estimate of drug-likeness (QED) is 0.848. The SMILES string of the molecule is COc1ccc(Nc2ccc(C=O)c(Cl)c2)cc1. The minimum atomic E-state index is 0.434. The van der Waals surface area contributed by atoms with Gasteiger partial charge in [-0.2, -0.15) is 0 Å². The van der Waals surface area contributed by atoms with Gasteiger partial charge < -0.3 is 10.1 Å². The first-order valence-electron chi connectivity index (χ1n) is 5.39. The van der Waals surface area contributed by atoms with Gasteiger partial charge in [0.25, 0.3) is 0 Å². The van der Waals surface area contributed by atoms with Gasteiger partial charge in [0.1, 0.15) is 5.75 Å². The summed E-state index contributed by atoms with van der Waals surface area (Å²) in [5, 5.41) is 3.63. The number of anilines is 2. The number of carbonyl (C=O) groups is 1. The minimum Gasteiger partial charge on any atom is -0.497 e. The van der Waals surface area contributed by atoms with Crippen molar-refractivity contribution in [3.63, 3.8) is 0 Å². The molecule has 0 heterocycles. The molecule has 2 aromatic rings. The van der Waals surface area contributed by atoms with Crippen LogP contribution in [-0.4, -0.2) is 13.4 Å². The van der Waals surface area contributed by atoms with Crippen LogP contribution in [0.15, 0.2) is 42.5 Å². The van der Waals surface area contributed by atoms with E-state index in [2.05, 4.69) is 5.32 Å². The topological polar surface area (TPSA) is 38.3 Å². The average Bonchev–Trinajstić information content (AvgIpc) is 2.40. The zero-order valence-corrected chi connectivity index (χ0v) is 10.6. The molecule has 18 heavy (non-hydrogen) atoms. The molecule has 0 aliphatic rings. The van der Waals surface area contributed by atoms with Gasteiger partial charge in [-0.25, -0.2) is 0 Å². The summed E-state index contributed by atoms with van der Waals surface area (Å²) in [7, 11) is 1.63. The largest absolute Gasteiger partial charge is 0.497 e. The van der Waals surface area contributed by atoms with Crippen molar-refractivity contribution in [3.05, 3.63) is 53.1 Å². The van der Waals surface area contributed by atoms with Crippen LogP contribution in [0.1, 0.15) is 10.4 Å². The summed E-state index contributed by atoms with van der Waals surface area (Å²) >= 11 is 5.95. The van der Waals surface area contributed by atoms with Crippen LogP contribution in [-0.2, 0) is 0 Å². The molecular formula is C14H12ClNO2. The number of methoxy groups -OCH3 is 1. The number of rotatable bonds is 4. The molecule has 0 aromatic heterocycles. The summed E-state index contributed by atoms with van der Waals surface area (Å²) in [4.78, 5) is 10.6. The van der Waals surface area contributed by atoms with Crippen molar-refractivity contribution in [2.24, 2.45) is 0 Å². The minimum absolute atomic E-state index is 0.434. The zero-order valence-electron chi connectivity index (χ0n) is 9.81. The summed E-state index contributed by atoms with van der Waals surface area (Å²) in [5.74, 6) is 0.801. The number of aldehydes is 1. The molecule has 1 N–H and O–H groups in total. The molecule has 0 atom stereocenters. The van der Waals surface area contributed by atoms with E-state index in [-0.39, 0.29) is 0 Å². The summed E-state index contributed by atoms with van der Waals surface area (Å²) in [6, 6.07) is 12.7. The van der Waals surface area contributed by atoms with Gasteiger partial charge in [0.05, 0.1) is 12.1 Å². The van der Waals surface area contributed by atoms with Crippen LogP contribution < -0.4 is 10.1 Å². The Labute approximate surface area is 110 Å². The third kappa shape index (κ3) is 2.81. The second-order valence-electron chi connectivity index (χ2n) is 3.71. The van der Waals surface area contributed by atoms with Crippen molar-refractivity contribution >= 4 is 29.3 Å². The average molecular weight is 262 g/mol. The van der Waals surface area contributed by atoms with Crippen LogP contribution in [0.2, 0.25) is 5.02 Å². The smallest absolute Gasteiger partial charge is 0.151 e. The molecule has 2 aromatic carbocycles. The molecule has 0 saturated carbocycles. The lowest BCUT2D eigenvalue weighted by molar-refractivity contribution is 0.112. The standard InChI is InChI=1S/C14H12ClNO2/c1-18-13-6-4-11(5-7-13)16-12-3-2-10(9-17)14(15)8-12/h2-9,16H,1H3. The Bertz CT molecular complexity index is 552. The van der Waals surface area contributed by atoms with Crippen LogP contribution in [0, 0.1) is 0 Å². The molecular weight excluding hydrogens is 250 g/mol. The van der Waals surface area contributed by atoms with E-state index in [1.807, 2.05) is 24.3 Å². The zero-order chi connectivity index (χ0) is 13.0. The van der Waals surface area contributed by atoms with Crippen LogP contribution in [0.4, 0.5) is 11.4 Å². The van der Waals surface area contributed by atoms with Crippen LogP contribution in [0.5, 0.6) is 5.75 Å². The fraction of sp³-hybridized carbons (Fsp3) is 0.0714. The summed E-state index contributed by atoms with van der Waals surface area (Å²) in [6.07, 6.45) is 0.736. The number of hydrogen-bond donors (Lipinski definition) is 1. The Balaban J connectivity index is 2.17. The monoisotopic (exact) mass is 261 g/mol.